The summed E-state index contributed by atoms with van der Waals surface area (Å²) in [6, 6.07) is 4.35. The molecule has 0 saturated heterocycles. The predicted octanol–water partition coefficient (Wildman–Crippen LogP) is 0.667. The Morgan fingerprint density at radius 1 is 1.39 bits per heavy atom. The molecule has 0 bridgehead atoms. The highest BCUT2D eigenvalue weighted by molar-refractivity contribution is 5.91. The van der Waals surface area contributed by atoms with E-state index in [4.69, 9.17) is 16.6 Å². The van der Waals surface area contributed by atoms with Crippen molar-refractivity contribution in [3.05, 3.63) is 23.8 Å². The van der Waals surface area contributed by atoms with E-state index in [1.54, 1.807) is 4.90 Å². The fraction of sp³-hybridized carbons (Fsp3) is 0.333. The monoisotopic (exact) mass is 251 g/mol. The second-order valence-corrected chi connectivity index (χ2v) is 4.27. The van der Waals surface area contributed by atoms with E-state index in [1.165, 1.54) is 18.2 Å². The Morgan fingerprint density at radius 2 is 2.00 bits per heavy atom. The summed E-state index contributed by atoms with van der Waals surface area (Å²) in [4.78, 5) is 23.6. The Bertz CT molecular complexity index is 472. The molecule has 0 fully saturated rings. The van der Waals surface area contributed by atoms with E-state index < -0.39 is 11.9 Å². The van der Waals surface area contributed by atoms with Crippen LogP contribution in [0.15, 0.2) is 18.2 Å². The van der Waals surface area contributed by atoms with Gasteiger partial charge in [0.2, 0.25) is 5.91 Å². The van der Waals surface area contributed by atoms with Gasteiger partial charge in [-0.1, -0.05) is 0 Å². The maximum absolute atomic E-state index is 11.0. The van der Waals surface area contributed by atoms with E-state index in [1.807, 2.05) is 13.8 Å². The molecule has 1 amide bonds. The summed E-state index contributed by atoms with van der Waals surface area (Å²) >= 11 is 0. The summed E-state index contributed by atoms with van der Waals surface area (Å²) in [6.07, 6.45) is 0. The second kappa shape index (κ2) is 5.39. The van der Waals surface area contributed by atoms with Gasteiger partial charge in [-0.3, -0.25) is 4.79 Å². The molecule has 0 saturated carbocycles. The number of carboxylic acids is 1. The number of carbonyl (C=O) groups is 2. The molecule has 0 aliphatic carbocycles. The molecular formula is C12H17N3O3. The molecule has 0 aliphatic heterocycles. The van der Waals surface area contributed by atoms with Gasteiger partial charge in [0.1, 0.15) is 0 Å². The van der Waals surface area contributed by atoms with Crippen molar-refractivity contribution in [2.24, 2.45) is 5.73 Å². The summed E-state index contributed by atoms with van der Waals surface area (Å²) in [5, 5.41) is 8.95. The van der Waals surface area contributed by atoms with Gasteiger partial charge in [0, 0.05) is 6.04 Å². The number of primary amides is 1. The van der Waals surface area contributed by atoms with Gasteiger partial charge in [0.15, 0.2) is 0 Å². The van der Waals surface area contributed by atoms with Crippen molar-refractivity contribution >= 4 is 23.3 Å². The average Bonchev–Trinajstić information content (AvgIpc) is 2.26. The maximum atomic E-state index is 11.0. The standard InChI is InChI=1S/C12H17N3O3/c1-7(2)15(6-11(14)16)10-5-8(12(17)18)3-4-9(10)13/h3-5,7H,6,13H2,1-2H3,(H2,14,16)(H,17,18). The fourth-order valence-corrected chi connectivity index (χ4v) is 1.64. The summed E-state index contributed by atoms with van der Waals surface area (Å²) in [5.41, 5.74) is 12.0. The molecule has 1 rings (SSSR count). The highest BCUT2D eigenvalue weighted by Gasteiger charge is 2.17. The molecular weight excluding hydrogens is 234 g/mol. The number of rotatable bonds is 5. The van der Waals surface area contributed by atoms with Crippen molar-refractivity contribution in [1.82, 2.24) is 0 Å². The van der Waals surface area contributed by atoms with Crippen molar-refractivity contribution in [2.75, 3.05) is 17.2 Å². The Morgan fingerprint density at radius 3 is 2.44 bits per heavy atom. The largest absolute Gasteiger partial charge is 0.478 e. The topological polar surface area (TPSA) is 110 Å². The lowest BCUT2D eigenvalue weighted by atomic mass is 10.1. The fourth-order valence-electron chi connectivity index (χ4n) is 1.64. The number of carbonyl (C=O) groups excluding carboxylic acids is 1. The van der Waals surface area contributed by atoms with Gasteiger partial charge in [-0.25, -0.2) is 4.79 Å². The van der Waals surface area contributed by atoms with Gasteiger partial charge < -0.3 is 21.5 Å². The molecule has 0 aromatic heterocycles. The second-order valence-electron chi connectivity index (χ2n) is 4.27. The van der Waals surface area contributed by atoms with E-state index in [9.17, 15) is 9.59 Å². The van der Waals surface area contributed by atoms with Crippen molar-refractivity contribution in [1.29, 1.82) is 0 Å². The Hall–Kier alpha value is -2.24. The first-order valence-electron chi connectivity index (χ1n) is 5.50. The number of benzene rings is 1. The van der Waals surface area contributed by atoms with Crippen molar-refractivity contribution in [3.8, 4) is 0 Å². The molecule has 6 nitrogen and oxygen atoms in total. The van der Waals surface area contributed by atoms with E-state index >= 15 is 0 Å². The predicted molar refractivity (Wildman–Crippen MR) is 69.5 cm³/mol. The number of hydrogen-bond donors (Lipinski definition) is 3. The van der Waals surface area contributed by atoms with Gasteiger partial charge in [-0.2, -0.15) is 0 Å². The van der Waals surface area contributed by atoms with Gasteiger partial charge in [-0.05, 0) is 32.0 Å². The van der Waals surface area contributed by atoms with Crippen LogP contribution in [0.5, 0.6) is 0 Å². The normalized spacial score (nSPS) is 10.4. The number of aromatic carboxylic acids is 1. The van der Waals surface area contributed by atoms with E-state index in [0.717, 1.165) is 0 Å². The number of nitrogens with zero attached hydrogens (tertiary/aromatic N) is 1. The van der Waals surface area contributed by atoms with Crippen LogP contribution in [-0.2, 0) is 4.79 Å². The molecule has 0 atom stereocenters. The van der Waals surface area contributed by atoms with Crippen LogP contribution in [0, 0.1) is 0 Å². The maximum Gasteiger partial charge on any atom is 0.335 e. The van der Waals surface area contributed by atoms with E-state index in [2.05, 4.69) is 0 Å². The molecule has 5 N–H and O–H groups in total. The summed E-state index contributed by atoms with van der Waals surface area (Å²) < 4.78 is 0. The zero-order chi connectivity index (χ0) is 13.9. The first-order chi connectivity index (χ1) is 8.32. The third kappa shape index (κ3) is 3.13. The third-order valence-electron chi connectivity index (χ3n) is 2.54. The first-order valence-corrected chi connectivity index (χ1v) is 5.50. The number of nitrogens with two attached hydrogens (primary N) is 2. The number of nitrogen functional groups attached to an aromatic ring is 1. The van der Waals surface area contributed by atoms with Crippen LogP contribution in [0.1, 0.15) is 24.2 Å². The Balaban J connectivity index is 3.21. The molecule has 0 aliphatic rings. The van der Waals surface area contributed by atoms with Crippen molar-refractivity contribution < 1.29 is 14.7 Å². The first kappa shape index (κ1) is 13.8. The number of anilines is 2. The Kier molecular flexibility index (Phi) is 4.14. The molecule has 0 spiro atoms. The lowest BCUT2D eigenvalue weighted by Crippen LogP contribution is -2.39. The van der Waals surface area contributed by atoms with E-state index in [0.29, 0.717) is 11.4 Å². The molecule has 0 radical (unpaired) electrons. The quantitative estimate of drug-likeness (QED) is 0.666. The molecule has 6 heteroatoms. The average molecular weight is 251 g/mol. The molecule has 1 aromatic rings. The van der Waals surface area contributed by atoms with E-state index in [-0.39, 0.29) is 18.2 Å². The zero-order valence-corrected chi connectivity index (χ0v) is 10.4. The van der Waals surface area contributed by atoms with Gasteiger partial charge in [0.25, 0.3) is 0 Å². The minimum absolute atomic E-state index is 0.00899. The van der Waals surface area contributed by atoms with Crippen LogP contribution in [0.2, 0.25) is 0 Å². The summed E-state index contributed by atoms with van der Waals surface area (Å²) in [7, 11) is 0. The van der Waals surface area contributed by atoms with Crippen LogP contribution in [0.25, 0.3) is 0 Å². The minimum atomic E-state index is -1.04. The van der Waals surface area contributed by atoms with Crippen LogP contribution in [0.3, 0.4) is 0 Å². The highest BCUT2D eigenvalue weighted by atomic mass is 16.4. The van der Waals surface area contributed by atoms with Gasteiger partial charge in [-0.15, -0.1) is 0 Å². The molecule has 98 valence electrons. The number of hydrogen-bond acceptors (Lipinski definition) is 4. The smallest absolute Gasteiger partial charge is 0.335 e. The zero-order valence-electron chi connectivity index (χ0n) is 10.4. The van der Waals surface area contributed by atoms with Crippen molar-refractivity contribution in [3.63, 3.8) is 0 Å². The van der Waals surface area contributed by atoms with Crippen LogP contribution in [0.4, 0.5) is 11.4 Å². The molecule has 0 unspecified atom stereocenters. The van der Waals surface area contributed by atoms with Crippen LogP contribution < -0.4 is 16.4 Å². The minimum Gasteiger partial charge on any atom is -0.478 e. The summed E-state index contributed by atoms with van der Waals surface area (Å²) in [6.45, 7) is 3.73. The van der Waals surface area contributed by atoms with Gasteiger partial charge >= 0.3 is 5.97 Å². The highest BCUT2D eigenvalue weighted by Crippen LogP contribution is 2.26. The third-order valence-corrected chi connectivity index (χ3v) is 2.54. The molecule has 0 heterocycles. The summed E-state index contributed by atoms with van der Waals surface area (Å²) in [5.74, 6) is -1.54. The Labute approximate surface area is 105 Å². The lowest BCUT2D eigenvalue weighted by molar-refractivity contribution is -0.116. The molecule has 1 aromatic carbocycles. The number of carboxylic acid groups (broad SMARTS) is 1. The van der Waals surface area contributed by atoms with Crippen LogP contribution in [-0.4, -0.2) is 29.6 Å². The number of amides is 1. The molecule has 18 heavy (non-hydrogen) atoms. The lowest BCUT2D eigenvalue weighted by Gasteiger charge is -2.29. The van der Waals surface area contributed by atoms with Crippen LogP contribution >= 0.6 is 0 Å². The van der Waals surface area contributed by atoms with Crippen molar-refractivity contribution in [2.45, 2.75) is 19.9 Å². The SMILES string of the molecule is CC(C)N(CC(N)=O)c1cc(C(=O)O)ccc1N. The van der Waals surface area contributed by atoms with Gasteiger partial charge in [0.05, 0.1) is 23.5 Å².